The Kier molecular flexibility index (Phi) is 24.1. The van der Waals surface area contributed by atoms with Gasteiger partial charge in [0.15, 0.2) is 5.69 Å². The first-order chi connectivity index (χ1) is 36.6. The number of benzene rings is 5. The number of fused-ring (bicyclic) bond motifs is 3. The van der Waals surface area contributed by atoms with Gasteiger partial charge in [-0.15, -0.1) is 0 Å². The van der Waals surface area contributed by atoms with Gasteiger partial charge in [-0.25, -0.2) is 0 Å². The quantitative estimate of drug-likeness (QED) is 0.117. The number of nitrogens with zero attached hydrogens (tertiary/aromatic N) is 5. The van der Waals surface area contributed by atoms with Gasteiger partial charge in [0.25, 0.3) is 6.73 Å². The average Bonchev–Trinajstić information content (AvgIpc) is 3.46. The molecular weight excluding hydrogens is 1210 g/mol. The van der Waals surface area contributed by atoms with Crippen LogP contribution in [0.15, 0.2) is 212 Å². The fourth-order valence-electron chi connectivity index (χ4n) is 8.00. The molecule has 10 nitrogen and oxygen atoms in total. The van der Waals surface area contributed by atoms with Gasteiger partial charge in [-0.3, -0.25) is 9.97 Å². The number of hydrogen-bond donors (Lipinski definition) is 1. The standard InChI is InChI=1S/C13H12NO.C12H13NOSi.3C12H11NO.Al.Ga.In.Y.3H/c1-10-5-4-7-12-11-6-2-3-8-13(11)15-9-14(10)12;1-15-12-8-4-6-10(13-12)9-5-2-3-7-11(9)14;3*1-9-5-4-7-11(13-9)10-6-2-3-8-12(10)14;;;;;;;/h2-8H,9H2,1H3;2-8,14H,15H2,1H3;3*2-8,14H,1H3;;;;;;;/q+1;;;;;3*+1;;;;/p-3. The van der Waals surface area contributed by atoms with Crippen LogP contribution in [0.5, 0.6) is 28.7 Å². The molecule has 5 aromatic carbocycles. The van der Waals surface area contributed by atoms with Crippen molar-refractivity contribution in [3.8, 4) is 85.0 Å². The minimum absolute atomic E-state index is 0. The number of rotatable bonds is 8. The minimum atomic E-state index is -0.204. The molecule has 15 heteroatoms. The van der Waals surface area contributed by atoms with Gasteiger partial charge in [0.2, 0.25) is 5.69 Å². The molecule has 0 bridgehead atoms. The van der Waals surface area contributed by atoms with Crippen LogP contribution in [0.25, 0.3) is 56.3 Å². The summed E-state index contributed by atoms with van der Waals surface area (Å²) in [5, 5.41) is 10.9. The predicted molar refractivity (Wildman–Crippen MR) is 309 cm³/mol. The second-order valence-corrected chi connectivity index (χ2v) is 20.2. The van der Waals surface area contributed by atoms with Gasteiger partial charge >= 0.3 is 221 Å². The van der Waals surface area contributed by atoms with Crippen LogP contribution in [0.4, 0.5) is 0 Å². The maximum Gasteiger partial charge on any atom is 0.292 e. The predicted octanol–water partition coefficient (Wildman–Crippen LogP) is 10.3. The van der Waals surface area contributed by atoms with Crippen molar-refractivity contribution in [3.05, 3.63) is 235 Å². The van der Waals surface area contributed by atoms with Gasteiger partial charge in [-0.1, -0.05) is 55.1 Å². The molecule has 0 atom stereocenters. The Hall–Kier alpha value is -5.79. The van der Waals surface area contributed by atoms with Crippen LogP contribution in [-0.4, -0.2) is 95.0 Å². The SMILES string of the molecule is C[SiH2]c1cccc(-c2ccccc2[O][AlH])n1.Cc1cccc(-c2ccccc2O)n1.Cc1cccc(-c2ccccc2[O][GaH])n1.Cc1cccc(-c2ccccc2[O][InH])n1.Cc1cccc2[n+]1COc1ccccc1-2.[Y]. The van der Waals surface area contributed by atoms with Crippen LogP contribution in [0.3, 0.4) is 0 Å². The zero-order chi connectivity index (χ0) is 52.9. The molecular formula is C61H58AlGaInN5O5SiY+. The summed E-state index contributed by atoms with van der Waals surface area (Å²) in [5.74, 6) is 3.98. The molecule has 1 aliphatic rings. The Labute approximate surface area is 508 Å². The Morgan fingerprint density at radius 1 is 0.513 bits per heavy atom. The zero-order valence-electron chi connectivity index (χ0n) is 43.6. The molecule has 4 radical (unpaired) electrons. The second-order valence-electron chi connectivity index (χ2n) is 17.0. The van der Waals surface area contributed by atoms with Crippen LogP contribution in [-0.2, 0) is 39.4 Å². The number of pyridine rings is 5. The van der Waals surface area contributed by atoms with Gasteiger partial charge in [0.1, 0.15) is 11.5 Å². The number of phenols is 1. The van der Waals surface area contributed by atoms with Crippen LogP contribution in [0.2, 0.25) is 6.55 Å². The molecule has 5 aromatic heterocycles. The van der Waals surface area contributed by atoms with E-state index >= 15 is 0 Å². The number of hydrogen-bond acceptors (Lipinski definition) is 9. The monoisotopic (exact) mass is 1270 g/mol. The number of aryl methyl sites for hydroxylation is 4. The van der Waals surface area contributed by atoms with Crippen molar-refractivity contribution < 1.29 is 57.3 Å². The molecule has 0 unspecified atom stereocenters. The normalized spacial score (nSPS) is 10.5. The van der Waals surface area contributed by atoms with Crippen molar-refractivity contribution in [1.29, 1.82) is 0 Å². The summed E-state index contributed by atoms with van der Waals surface area (Å²) in [6, 6.07) is 69.7. The molecule has 0 amide bonds. The van der Waals surface area contributed by atoms with E-state index in [0.29, 0.717) is 31.5 Å². The smallest absolute Gasteiger partial charge is 0.292 e. The summed E-state index contributed by atoms with van der Waals surface area (Å²) in [6.45, 7) is 10.9. The van der Waals surface area contributed by atoms with Crippen LogP contribution < -0.4 is 24.8 Å². The van der Waals surface area contributed by atoms with Crippen LogP contribution in [0, 0.1) is 27.7 Å². The van der Waals surface area contributed by atoms with E-state index < -0.39 is 0 Å². The third-order valence-electron chi connectivity index (χ3n) is 11.8. The Balaban J connectivity index is 0.000000154. The summed E-state index contributed by atoms with van der Waals surface area (Å²) in [5.41, 5.74) is 14.4. The fourth-order valence-corrected chi connectivity index (χ4v) is 10.2. The van der Waals surface area contributed by atoms with Crippen molar-refractivity contribution in [2.75, 3.05) is 0 Å². The van der Waals surface area contributed by atoms with Crippen molar-refractivity contribution >= 4 is 75.2 Å². The molecule has 11 rings (SSSR count). The third-order valence-corrected chi connectivity index (χ3v) is 14.8. The Bertz CT molecular complexity index is 3340. The largest absolute Gasteiger partial charge is 0.435 e. The molecule has 6 heterocycles. The first-order valence-corrected chi connectivity index (χ1v) is 30.0. The maximum atomic E-state index is 9.61. The molecule has 0 fully saturated rings. The van der Waals surface area contributed by atoms with E-state index in [1.54, 1.807) is 12.1 Å². The molecule has 0 spiro atoms. The second kappa shape index (κ2) is 30.8. The van der Waals surface area contributed by atoms with E-state index in [1.165, 1.54) is 38.9 Å². The van der Waals surface area contributed by atoms with Crippen LogP contribution in [0.1, 0.15) is 22.8 Å². The average molecular weight is 1270 g/mol. The number of para-hydroxylation sites is 5. The van der Waals surface area contributed by atoms with Gasteiger partial charge < -0.3 is 13.6 Å². The number of aromatic nitrogens is 5. The molecule has 0 saturated carbocycles. The van der Waals surface area contributed by atoms with E-state index in [4.69, 9.17) is 14.9 Å². The molecule has 1 N–H and O–H groups in total. The summed E-state index contributed by atoms with van der Waals surface area (Å²) in [4.78, 5) is 18.0. The Morgan fingerprint density at radius 2 is 0.947 bits per heavy atom. The maximum absolute atomic E-state index is 9.61. The van der Waals surface area contributed by atoms with Gasteiger partial charge in [-0.05, 0) is 73.7 Å². The molecule has 76 heavy (non-hydrogen) atoms. The summed E-state index contributed by atoms with van der Waals surface area (Å²) < 4.78 is 24.1. The molecule has 0 saturated heterocycles. The van der Waals surface area contributed by atoms with Gasteiger partial charge in [0.05, 0.1) is 32.2 Å². The molecule has 372 valence electrons. The summed E-state index contributed by atoms with van der Waals surface area (Å²) in [7, 11) is -0.204. The van der Waals surface area contributed by atoms with E-state index in [0.717, 1.165) is 104 Å². The third kappa shape index (κ3) is 16.6. The van der Waals surface area contributed by atoms with Crippen molar-refractivity contribution in [2.45, 2.75) is 41.0 Å². The van der Waals surface area contributed by atoms with Crippen LogP contribution >= 0.6 is 0 Å². The summed E-state index contributed by atoms with van der Waals surface area (Å²) >= 11 is 2.77. The van der Waals surface area contributed by atoms with E-state index in [-0.39, 0.29) is 48.0 Å². The van der Waals surface area contributed by atoms with Crippen molar-refractivity contribution in [1.82, 2.24) is 19.9 Å². The molecule has 10 aromatic rings. The minimum Gasteiger partial charge on any atom is -0.435 e. The topological polar surface area (TPSA) is 113 Å². The summed E-state index contributed by atoms with van der Waals surface area (Å²) in [6.07, 6.45) is 0. The number of ether oxygens (including phenoxy) is 1. The van der Waals surface area contributed by atoms with E-state index in [2.05, 4.69) is 74.4 Å². The number of phenolic OH excluding ortho intramolecular Hbond substituents is 1. The molecule has 0 aliphatic carbocycles. The Morgan fingerprint density at radius 3 is 1.47 bits per heavy atom. The number of aromatic hydroxyl groups is 1. The van der Waals surface area contributed by atoms with Crippen molar-refractivity contribution in [3.63, 3.8) is 0 Å². The van der Waals surface area contributed by atoms with E-state index in [1.807, 2.05) is 185 Å². The zero-order valence-corrected chi connectivity index (χ0v) is 56.3. The first kappa shape index (κ1) is 59.5. The van der Waals surface area contributed by atoms with Gasteiger partial charge in [0, 0.05) is 73.9 Å². The first-order valence-electron chi connectivity index (χ1n) is 24.4. The van der Waals surface area contributed by atoms with E-state index in [9.17, 15) is 5.11 Å². The van der Waals surface area contributed by atoms with Gasteiger partial charge in [-0.2, -0.15) is 4.57 Å². The fraction of sp³-hybridized carbons (Fsp3) is 0.0984. The van der Waals surface area contributed by atoms with Crippen molar-refractivity contribution in [2.24, 2.45) is 0 Å². The molecule has 1 aliphatic heterocycles.